The first kappa shape index (κ1) is 14.8. The lowest BCUT2D eigenvalue weighted by molar-refractivity contribution is -0.121. The third-order valence-corrected chi connectivity index (χ3v) is 3.12. The molecule has 1 amide bonds. The van der Waals surface area contributed by atoms with E-state index in [0.29, 0.717) is 25.3 Å². The Bertz CT molecular complexity index is 579. The zero-order chi connectivity index (χ0) is 15.1. The van der Waals surface area contributed by atoms with E-state index in [0.717, 1.165) is 16.8 Å². The molecular formula is C16H19N3O2. The Morgan fingerprint density at radius 2 is 1.90 bits per heavy atom. The number of ether oxygens (including phenoxy) is 1. The minimum absolute atomic E-state index is 0.0163. The average molecular weight is 285 g/mol. The molecule has 0 radical (unpaired) electrons. The van der Waals surface area contributed by atoms with Gasteiger partial charge in [-0.15, -0.1) is 0 Å². The Labute approximate surface area is 124 Å². The molecule has 1 heterocycles. The van der Waals surface area contributed by atoms with Crippen molar-refractivity contribution in [3.05, 3.63) is 53.7 Å². The van der Waals surface area contributed by atoms with E-state index in [1.807, 2.05) is 30.3 Å². The maximum Gasteiger partial charge on any atom is 0.220 e. The molecule has 1 aromatic carbocycles. The molecule has 110 valence electrons. The lowest BCUT2D eigenvalue weighted by Crippen LogP contribution is -2.23. The van der Waals surface area contributed by atoms with Gasteiger partial charge in [-0.05, 0) is 29.7 Å². The van der Waals surface area contributed by atoms with Crippen LogP contribution in [0.2, 0.25) is 0 Å². The van der Waals surface area contributed by atoms with E-state index >= 15 is 0 Å². The molecule has 21 heavy (non-hydrogen) atoms. The Morgan fingerprint density at radius 3 is 2.52 bits per heavy atom. The molecule has 3 N–H and O–H groups in total. The smallest absolute Gasteiger partial charge is 0.220 e. The fourth-order valence-corrected chi connectivity index (χ4v) is 1.87. The third kappa shape index (κ3) is 4.80. The van der Waals surface area contributed by atoms with Gasteiger partial charge in [0.1, 0.15) is 0 Å². The summed E-state index contributed by atoms with van der Waals surface area (Å²) in [5.41, 5.74) is 8.40. The number of carbonyl (C=O) groups is 1. The molecule has 0 bridgehead atoms. The second-order valence-corrected chi connectivity index (χ2v) is 4.73. The van der Waals surface area contributed by atoms with Crippen molar-refractivity contribution in [2.45, 2.75) is 19.4 Å². The molecule has 0 fully saturated rings. The molecule has 1 aromatic heterocycles. The summed E-state index contributed by atoms with van der Waals surface area (Å²) in [4.78, 5) is 15.9. The van der Waals surface area contributed by atoms with Gasteiger partial charge in [0.05, 0.1) is 7.11 Å². The molecule has 0 atom stereocenters. The van der Waals surface area contributed by atoms with E-state index in [1.54, 1.807) is 19.4 Å². The van der Waals surface area contributed by atoms with Crippen molar-refractivity contribution in [2.24, 2.45) is 0 Å². The van der Waals surface area contributed by atoms with Crippen molar-refractivity contribution in [1.82, 2.24) is 10.3 Å². The van der Waals surface area contributed by atoms with Gasteiger partial charge in [-0.1, -0.05) is 18.2 Å². The lowest BCUT2D eigenvalue weighted by Gasteiger charge is -2.06. The predicted molar refractivity (Wildman–Crippen MR) is 81.8 cm³/mol. The van der Waals surface area contributed by atoms with Gasteiger partial charge in [-0.2, -0.15) is 0 Å². The van der Waals surface area contributed by atoms with Crippen LogP contribution in [0.15, 0.2) is 42.6 Å². The minimum Gasteiger partial charge on any atom is -0.481 e. The first-order valence-electron chi connectivity index (χ1n) is 6.77. The highest BCUT2D eigenvalue weighted by atomic mass is 16.5. The molecule has 0 aliphatic carbocycles. The van der Waals surface area contributed by atoms with Crippen LogP contribution in [0.5, 0.6) is 5.88 Å². The maximum absolute atomic E-state index is 11.8. The van der Waals surface area contributed by atoms with Crippen LogP contribution in [-0.4, -0.2) is 18.0 Å². The van der Waals surface area contributed by atoms with Gasteiger partial charge in [-0.3, -0.25) is 4.79 Å². The van der Waals surface area contributed by atoms with Gasteiger partial charge in [0, 0.05) is 30.9 Å². The number of pyridine rings is 1. The normalized spacial score (nSPS) is 10.1. The van der Waals surface area contributed by atoms with E-state index < -0.39 is 0 Å². The highest BCUT2D eigenvalue weighted by molar-refractivity contribution is 5.76. The predicted octanol–water partition coefficient (Wildman–Crippen LogP) is 1.92. The zero-order valence-corrected chi connectivity index (χ0v) is 12.0. The van der Waals surface area contributed by atoms with Crippen molar-refractivity contribution in [3.8, 4) is 5.88 Å². The van der Waals surface area contributed by atoms with Crippen LogP contribution in [0, 0.1) is 0 Å². The zero-order valence-electron chi connectivity index (χ0n) is 12.0. The first-order chi connectivity index (χ1) is 10.2. The van der Waals surface area contributed by atoms with Crippen LogP contribution >= 0.6 is 0 Å². The van der Waals surface area contributed by atoms with Crippen LogP contribution in [0.1, 0.15) is 17.5 Å². The quantitative estimate of drug-likeness (QED) is 0.795. The summed E-state index contributed by atoms with van der Waals surface area (Å²) in [7, 11) is 1.57. The summed E-state index contributed by atoms with van der Waals surface area (Å²) in [5, 5.41) is 2.87. The Hall–Kier alpha value is -2.56. The number of rotatable bonds is 6. The van der Waals surface area contributed by atoms with Crippen LogP contribution in [-0.2, 0) is 17.8 Å². The number of nitrogens with two attached hydrogens (primary N) is 1. The number of amides is 1. The van der Waals surface area contributed by atoms with Gasteiger partial charge in [-0.25, -0.2) is 4.98 Å². The van der Waals surface area contributed by atoms with E-state index in [-0.39, 0.29) is 5.91 Å². The fraction of sp³-hybridized carbons (Fsp3) is 0.250. The third-order valence-electron chi connectivity index (χ3n) is 3.12. The van der Waals surface area contributed by atoms with Crippen molar-refractivity contribution >= 4 is 11.6 Å². The largest absolute Gasteiger partial charge is 0.481 e. The SMILES string of the molecule is COc1ccc(CNC(=O)CCc2ccc(N)cc2)cn1. The highest BCUT2D eigenvalue weighted by Gasteiger charge is 2.03. The molecule has 0 saturated carbocycles. The molecule has 5 nitrogen and oxygen atoms in total. The molecule has 0 saturated heterocycles. The number of hydrogen-bond acceptors (Lipinski definition) is 4. The molecule has 5 heteroatoms. The number of anilines is 1. The Balaban J connectivity index is 1.75. The monoisotopic (exact) mass is 285 g/mol. The second kappa shape index (κ2) is 7.28. The standard InChI is InChI=1S/C16H19N3O2/c1-21-16-9-5-13(11-19-16)10-18-15(20)8-4-12-2-6-14(17)7-3-12/h2-3,5-7,9,11H,4,8,10,17H2,1H3,(H,18,20). The van der Waals surface area contributed by atoms with Crippen molar-refractivity contribution in [2.75, 3.05) is 12.8 Å². The molecular weight excluding hydrogens is 266 g/mol. The Morgan fingerprint density at radius 1 is 1.19 bits per heavy atom. The number of hydrogen-bond donors (Lipinski definition) is 2. The summed E-state index contributed by atoms with van der Waals surface area (Å²) in [6, 6.07) is 11.2. The van der Waals surface area contributed by atoms with E-state index in [1.165, 1.54) is 0 Å². The van der Waals surface area contributed by atoms with Crippen molar-refractivity contribution < 1.29 is 9.53 Å². The number of aryl methyl sites for hydroxylation is 1. The van der Waals surface area contributed by atoms with E-state index in [9.17, 15) is 4.79 Å². The molecule has 0 aliphatic heterocycles. The first-order valence-corrected chi connectivity index (χ1v) is 6.77. The number of nitrogen functional groups attached to an aromatic ring is 1. The molecule has 0 unspecified atom stereocenters. The van der Waals surface area contributed by atoms with Gasteiger partial charge in [0.25, 0.3) is 0 Å². The number of methoxy groups -OCH3 is 1. The van der Waals surface area contributed by atoms with Crippen LogP contribution in [0.4, 0.5) is 5.69 Å². The molecule has 2 aromatic rings. The minimum atomic E-state index is 0.0163. The van der Waals surface area contributed by atoms with Crippen molar-refractivity contribution in [3.63, 3.8) is 0 Å². The summed E-state index contributed by atoms with van der Waals surface area (Å²) in [6.07, 6.45) is 2.85. The number of nitrogens with one attached hydrogen (secondary N) is 1. The highest BCUT2D eigenvalue weighted by Crippen LogP contribution is 2.08. The van der Waals surface area contributed by atoms with E-state index in [4.69, 9.17) is 10.5 Å². The van der Waals surface area contributed by atoms with Crippen LogP contribution < -0.4 is 15.8 Å². The van der Waals surface area contributed by atoms with Crippen LogP contribution in [0.3, 0.4) is 0 Å². The number of benzene rings is 1. The fourth-order valence-electron chi connectivity index (χ4n) is 1.87. The molecule has 0 aliphatic rings. The van der Waals surface area contributed by atoms with Gasteiger partial charge in [0.15, 0.2) is 0 Å². The average Bonchev–Trinajstić information content (AvgIpc) is 2.53. The van der Waals surface area contributed by atoms with Gasteiger partial charge in [0.2, 0.25) is 11.8 Å². The van der Waals surface area contributed by atoms with E-state index in [2.05, 4.69) is 10.3 Å². The number of nitrogens with zero attached hydrogens (tertiary/aromatic N) is 1. The summed E-state index contributed by atoms with van der Waals surface area (Å²) < 4.78 is 4.98. The summed E-state index contributed by atoms with van der Waals surface area (Å²) in [5.74, 6) is 0.580. The molecule has 0 spiro atoms. The maximum atomic E-state index is 11.8. The van der Waals surface area contributed by atoms with Gasteiger partial charge >= 0.3 is 0 Å². The topological polar surface area (TPSA) is 77.2 Å². The number of aromatic nitrogens is 1. The molecule has 2 rings (SSSR count). The lowest BCUT2D eigenvalue weighted by atomic mass is 10.1. The van der Waals surface area contributed by atoms with Crippen molar-refractivity contribution in [1.29, 1.82) is 0 Å². The Kier molecular flexibility index (Phi) is 5.15. The summed E-state index contributed by atoms with van der Waals surface area (Å²) >= 11 is 0. The van der Waals surface area contributed by atoms with Crippen LogP contribution in [0.25, 0.3) is 0 Å². The van der Waals surface area contributed by atoms with Gasteiger partial charge < -0.3 is 15.8 Å². The number of carbonyl (C=O) groups excluding carboxylic acids is 1. The second-order valence-electron chi connectivity index (χ2n) is 4.73. The summed E-state index contributed by atoms with van der Waals surface area (Å²) in [6.45, 7) is 0.470.